The molecule has 15 heavy (non-hydrogen) atoms. The second kappa shape index (κ2) is 2.98. The summed E-state index contributed by atoms with van der Waals surface area (Å²) >= 11 is 0. The summed E-state index contributed by atoms with van der Waals surface area (Å²) in [4.78, 5) is 22.4. The van der Waals surface area contributed by atoms with E-state index < -0.39 is 5.97 Å². The molecule has 0 aliphatic carbocycles. The zero-order chi connectivity index (χ0) is 11.2. The smallest absolute Gasteiger partial charge is 0.335 e. The van der Waals surface area contributed by atoms with Gasteiger partial charge < -0.3 is 5.11 Å². The molecule has 1 N–H and O–H groups in total. The normalized spacial score (nSPS) is 10.8. The zero-order valence-corrected chi connectivity index (χ0v) is 8.39. The van der Waals surface area contributed by atoms with E-state index in [0.29, 0.717) is 10.9 Å². The fraction of sp³-hybridized carbons (Fsp3) is 0.200. The topological polar surface area (TPSA) is 64.2 Å². The predicted molar refractivity (Wildman–Crippen MR) is 55.1 cm³/mol. The molecular weight excluding hydrogens is 196 g/mol. The molecule has 0 saturated heterocycles. The van der Waals surface area contributed by atoms with E-state index in [1.54, 1.807) is 24.8 Å². The van der Waals surface area contributed by atoms with Crippen LogP contribution in [0.3, 0.4) is 0 Å². The van der Waals surface area contributed by atoms with Gasteiger partial charge in [-0.05, 0) is 18.2 Å². The van der Waals surface area contributed by atoms with Crippen LogP contribution in [0.15, 0.2) is 23.0 Å². The van der Waals surface area contributed by atoms with Crippen molar-refractivity contribution in [3.8, 4) is 0 Å². The molecule has 0 aliphatic heterocycles. The number of fused-ring (bicyclic) bond motifs is 1. The second-order valence-electron chi connectivity index (χ2n) is 3.39. The maximum atomic E-state index is 11.6. The lowest BCUT2D eigenvalue weighted by atomic mass is 10.2. The number of carboxylic acids is 1. The first-order valence-electron chi connectivity index (χ1n) is 4.41. The van der Waals surface area contributed by atoms with E-state index in [1.807, 2.05) is 0 Å². The average molecular weight is 206 g/mol. The molecule has 0 bridgehead atoms. The van der Waals surface area contributed by atoms with Crippen molar-refractivity contribution in [2.45, 2.75) is 0 Å². The minimum absolute atomic E-state index is 0.121. The Morgan fingerprint density at radius 3 is 2.53 bits per heavy atom. The Balaban J connectivity index is 2.89. The molecule has 5 heteroatoms. The van der Waals surface area contributed by atoms with Crippen LogP contribution in [0.25, 0.3) is 10.9 Å². The van der Waals surface area contributed by atoms with Crippen molar-refractivity contribution in [3.05, 3.63) is 34.1 Å². The van der Waals surface area contributed by atoms with Gasteiger partial charge in [-0.25, -0.2) is 4.79 Å². The van der Waals surface area contributed by atoms with Gasteiger partial charge in [-0.1, -0.05) is 0 Å². The number of carbonyl (C=O) groups is 1. The third kappa shape index (κ3) is 1.24. The van der Waals surface area contributed by atoms with Gasteiger partial charge in [-0.2, -0.15) is 0 Å². The van der Waals surface area contributed by atoms with Gasteiger partial charge in [0.05, 0.1) is 16.5 Å². The number of hydrogen-bond donors (Lipinski definition) is 1. The predicted octanol–water partition coefficient (Wildman–Crippen LogP) is 0.575. The molecule has 78 valence electrons. The molecule has 2 rings (SSSR count). The number of aromatic nitrogens is 2. The van der Waals surface area contributed by atoms with Crippen LogP contribution in [0.5, 0.6) is 0 Å². The highest BCUT2D eigenvalue weighted by atomic mass is 16.4. The van der Waals surface area contributed by atoms with Gasteiger partial charge in [0.1, 0.15) is 0 Å². The number of benzene rings is 1. The molecule has 0 radical (unpaired) electrons. The lowest BCUT2D eigenvalue weighted by Gasteiger charge is -2.00. The zero-order valence-electron chi connectivity index (χ0n) is 8.39. The van der Waals surface area contributed by atoms with Crippen molar-refractivity contribution in [1.82, 2.24) is 9.36 Å². The Morgan fingerprint density at radius 1 is 1.27 bits per heavy atom. The van der Waals surface area contributed by atoms with Crippen molar-refractivity contribution in [2.75, 3.05) is 0 Å². The number of aromatic carboxylic acids is 1. The van der Waals surface area contributed by atoms with Crippen LogP contribution < -0.4 is 5.56 Å². The Morgan fingerprint density at radius 2 is 1.93 bits per heavy atom. The summed E-state index contributed by atoms with van der Waals surface area (Å²) in [6, 6.07) is 4.48. The second-order valence-corrected chi connectivity index (χ2v) is 3.39. The number of nitrogens with zero attached hydrogens (tertiary/aromatic N) is 2. The average Bonchev–Trinajstić information content (AvgIpc) is 2.44. The van der Waals surface area contributed by atoms with Crippen molar-refractivity contribution >= 4 is 16.9 Å². The Labute approximate surface area is 85.1 Å². The van der Waals surface area contributed by atoms with E-state index in [4.69, 9.17) is 5.11 Å². The lowest BCUT2D eigenvalue weighted by Crippen LogP contribution is -2.16. The van der Waals surface area contributed by atoms with Crippen LogP contribution in [0.1, 0.15) is 10.4 Å². The van der Waals surface area contributed by atoms with E-state index >= 15 is 0 Å². The number of rotatable bonds is 1. The molecule has 1 aromatic carbocycles. The first kappa shape index (κ1) is 9.51. The largest absolute Gasteiger partial charge is 0.478 e. The molecule has 0 unspecified atom stereocenters. The lowest BCUT2D eigenvalue weighted by molar-refractivity contribution is 0.0697. The highest BCUT2D eigenvalue weighted by Gasteiger charge is 2.10. The van der Waals surface area contributed by atoms with E-state index in [9.17, 15) is 9.59 Å². The number of carboxylic acid groups (broad SMARTS) is 1. The van der Waals surface area contributed by atoms with Crippen LogP contribution in [-0.2, 0) is 14.1 Å². The van der Waals surface area contributed by atoms with E-state index in [1.165, 1.54) is 16.8 Å². The molecule has 0 atom stereocenters. The monoisotopic (exact) mass is 206 g/mol. The van der Waals surface area contributed by atoms with Crippen LogP contribution in [-0.4, -0.2) is 20.4 Å². The summed E-state index contributed by atoms with van der Waals surface area (Å²) in [7, 11) is 3.36. The molecule has 0 aliphatic rings. The summed E-state index contributed by atoms with van der Waals surface area (Å²) in [5.41, 5.74) is 0.690. The summed E-state index contributed by atoms with van der Waals surface area (Å²) in [6.07, 6.45) is 0. The minimum Gasteiger partial charge on any atom is -0.478 e. The Bertz CT molecular complexity index is 607. The highest BCUT2D eigenvalue weighted by Crippen LogP contribution is 2.12. The summed E-state index contributed by atoms with van der Waals surface area (Å²) < 4.78 is 3.07. The first-order valence-corrected chi connectivity index (χ1v) is 4.41. The maximum Gasteiger partial charge on any atom is 0.335 e. The van der Waals surface area contributed by atoms with Gasteiger partial charge in [0, 0.05) is 14.1 Å². The van der Waals surface area contributed by atoms with Crippen molar-refractivity contribution < 1.29 is 9.90 Å². The van der Waals surface area contributed by atoms with Crippen molar-refractivity contribution in [3.63, 3.8) is 0 Å². The number of hydrogen-bond acceptors (Lipinski definition) is 2. The third-order valence-electron chi connectivity index (χ3n) is 2.57. The van der Waals surface area contributed by atoms with E-state index in [2.05, 4.69) is 0 Å². The quantitative estimate of drug-likeness (QED) is 0.742. The third-order valence-corrected chi connectivity index (χ3v) is 2.57. The SMILES string of the molecule is Cn1c(=O)c2ccc(C(=O)O)cc2n1C. The Hall–Kier alpha value is -2.04. The summed E-state index contributed by atoms with van der Waals surface area (Å²) in [6.45, 7) is 0. The van der Waals surface area contributed by atoms with Crippen LogP contribution in [0, 0.1) is 0 Å². The van der Waals surface area contributed by atoms with E-state index in [0.717, 1.165) is 0 Å². The van der Waals surface area contributed by atoms with Crippen molar-refractivity contribution in [1.29, 1.82) is 0 Å². The summed E-state index contributed by atoms with van der Waals surface area (Å²) in [5, 5.41) is 9.35. The minimum atomic E-state index is -0.992. The molecular formula is C10H10N2O3. The van der Waals surface area contributed by atoms with Gasteiger partial charge in [-0.15, -0.1) is 0 Å². The fourth-order valence-electron chi connectivity index (χ4n) is 1.59. The first-order chi connectivity index (χ1) is 7.02. The van der Waals surface area contributed by atoms with Gasteiger partial charge in [0.15, 0.2) is 0 Å². The molecule has 0 spiro atoms. The van der Waals surface area contributed by atoms with Gasteiger partial charge in [0.25, 0.3) is 5.56 Å². The molecule has 1 heterocycles. The van der Waals surface area contributed by atoms with Crippen LogP contribution in [0.4, 0.5) is 0 Å². The highest BCUT2D eigenvalue weighted by molar-refractivity contribution is 5.93. The molecule has 2 aromatic rings. The molecule has 0 amide bonds. The molecule has 0 saturated carbocycles. The van der Waals surface area contributed by atoms with Gasteiger partial charge in [-0.3, -0.25) is 14.2 Å². The van der Waals surface area contributed by atoms with Crippen LogP contribution >= 0.6 is 0 Å². The van der Waals surface area contributed by atoms with Crippen LogP contribution in [0.2, 0.25) is 0 Å². The maximum absolute atomic E-state index is 11.6. The van der Waals surface area contributed by atoms with Crippen molar-refractivity contribution in [2.24, 2.45) is 14.1 Å². The molecule has 5 nitrogen and oxygen atoms in total. The number of aryl methyl sites for hydroxylation is 1. The summed E-state index contributed by atoms with van der Waals surface area (Å²) in [5.74, 6) is -0.992. The van der Waals surface area contributed by atoms with Gasteiger partial charge >= 0.3 is 5.97 Å². The molecule has 1 aromatic heterocycles. The van der Waals surface area contributed by atoms with Gasteiger partial charge in [0.2, 0.25) is 0 Å². The Kier molecular flexibility index (Phi) is 1.89. The van der Waals surface area contributed by atoms with E-state index in [-0.39, 0.29) is 11.1 Å². The fourth-order valence-corrected chi connectivity index (χ4v) is 1.59. The standard InChI is InChI=1S/C10H10N2O3/c1-11-8-5-6(10(14)15)3-4-7(8)9(13)12(11)2/h3-5H,1-2H3,(H,14,15). The molecule has 0 fully saturated rings.